The van der Waals surface area contributed by atoms with Gasteiger partial charge in [0.1, 0.15) is 6.04 Å². The molecule has 1 atom stereocenters. The highest BCUT2D eigenvalue weighted by Gasteiger charge is 2.21. The lowest BCUT2D eigenvalue weighted by Gasteiger charge is -2.21. The number of hydrogen-bond donors (Lipinski definition) is 0. The third-order valence-corrected chi connectivity index (χ3v) is 2.84. The Morgan fingerprint density at radius 2 is 2.00 bits per heavy atom. The molecule has 0 saturated heterocycles. The standard InChI is InChI=1S/C12H18N2O2/c1-8-6-11(7-15)9(2)14(8)10(3)12(16)13(4)5/h6-7,10H,1-5H3. The van der Waals surface area contributed by atoms with Crippen molar-refractivity contribution in [2.24, 2.45) is 0 Å². The van der Waals surface area contributed by atoms with E-state index in [1.807, 2.05) is 31.4 Å². The Labute approximate surface area is 95.9 Å². The van der Waals surface area contributed by atoms with Crippen LogP contribution in [0.15, 0.2) is 6.07 Å². The summed E-state index contributed by atoms with van der Waals surface area (Å²) < 4.78 is 1.89. The molecule has 0 aliphatic carbocycles. The van der Waals surface area contributed by atoms with E-state index in [-0.39, 0.29) is 11.9 Å². The monoisotopic (exact) mass is 222 g/mol. The van der Waals surface area contributed by atoms with Gasteiger partial charge in [-0.05, 0) is 26.8 Å². The summed E-state index contributed by atoms with van der Waals surface area (Å²) in [5, 5.41) is 0. The van der Waals surface area contributed by atoms with Crippen LogP contribution in [-0.2, 0) is 4.79 Å². The molecular formula is C12H18N2O2. The first-order chi connectivity index (χ1) is 7.40. The number of rotatable bonds is 3. The predicted molar refractivity (Wildman–Crippen MR) is 62.7 cm³/mol. The van der Waals surface area contributed by atoms with Crippen LogP contribution in [0.1, 0.15) is 34.7 Å². The minimum atomic E-state index is -0.274. The average Bonchev–Trinajstić information content (AvgIpc) is 2.51. The molecule has 0 aliphatic heterocycles. The zero-order chi connectivity index (χ0) is 12.5. The van der Waals surface area contributed by atoms with E-state index in [2.05, 4.69) is 0 Å². The second kappa shape index (κ2) is 4.51. The quantitative estimate of drug-likeness (QED) is 0.728. The largest absolute Gasteiger partial charge is 0.347 e. The van der Waals surface area contributed by atoms with Gasteiger partial charge in [0, 0.05) is 31.0 Å². The van der Waals surface area contributed by atoms with Crippen molar-refractivity contribution in [2.75, 3.05) is 14.1 Å². The van der Waals surface area contributed by atoms with Crippen LogP contribution in [0.2, 0.25) is 0 Å². The molecular weight excluding hydrogens is 204 g/mol. The van der Waals surface area contributed by atoms with Gasteiger partial charge in [-0.15, -0.1) is 0 Å². The number of aromatic nitrogens is 1. The van der Waals surface area contributed by atoms with E-state index in [0.29, 0.717) is 5.56 Å². The maximum absolute atomic E-state index is 11.9. The Balaban J connectivity index is 3.18. The van der Waals surface area contributed by atoms with Crippen LogP contribution in [0.25, 0.3) is 0 Å². The number of likely N-dealkylation sites (N-methyl/N-ethyl adjacent to an activating group) is 1. The molecule has 4 nitrogen and oxygen atoms in total. The summed E-state index contributed by atoms with van der Waals surface area (Å²) in [6.45, 7) is 5.60. The molecule has 1 amide bonds. The maximum atomic E-state index is 11.9. The molecule has 0 N–H and O–H groups in total. The van der Waals surface area contributed by atoms with Crippen molar-refractivity contribution in [1.82, 2.24) is 9.47 Å². The topological polar surface area (TPSA) is 42.3 Å². The lowest BCUT2D eigenvalue weighted by Crippen LogP contribution is -2.30. The summed E-state index contributed by atoms with van der Waals surface area (Å²) in [4.78, 5) is 24.2. The maximum Gasteiger partial charge on any atom is 0.244 e. The number of aldehydes is 1. The smallest absolute Gasteiger partial charge is 0.244 e. The number of hydrogen-bond acceptors (Lipinski definition) is 2. The average molecular weight is 222 g/mol. The minimum Gasteiger partial charge on any atom is -0.347 e. The number of amides is 1. The molecule has 1 aromatic rings. The normalized spacial score (nSPS) is 12.3. The zero-order valence-electron chi connectivity index (χ0n) is 10.4. The summed E-state index contributed by atoms with van der Waals surface area (Å²) in [6.07, 6.45) is 0.825. The van der Waals surface area contributed by atoms with Gasteiger partial charge in [0.2, 0.25) is 5.91 Å². The van der Waals surface area contributed by atoms with Gasteiger partial charge in [-0.3, -0.25) is 9.59 Å². The van der Waals surface area contributed by atoms with Crippen molar-refractivity contribution in [1.29, 1.82) is 0 Å². The van der Waals surface area contributed by atoms with Crippen molar-refractivity contribution in [3.05, 3.63) is 23.0 Å². The molecule has 1 heterocycles. The van der Waals surface area contributed by atoms with Crippen molar-refractivity contribution >= 4 is 12.2 Å². The summed E-state index contributed by atoms with van der Waals surface area (Å²) >= 11 is 0. The molecule has 0 saturated carbocycles. The SMILES string of the molecule is Cc1cc(C=O)c(C)n1C(C)C(=O)N(C)C. The van der Waals surface area contributed by atoms with E-state index in [4.69, 9.17) is 0 Å². The van der Waals surface area contributed by atoms with Gasteiger partial charge in [-0.25, -0.2) is 0 Å². The zero-order valence-corrected chi connectivity index (χ0v) is 10.4. The van der Waals surface area contributed by atoms with Gasteiger partial charge < -0.3 is 9.47 Å². The van der Waals surface area contributed by atoms with Crippen LogP contribution in [0, 0.1) is 13.8 Å². The fraction of sp³-hybridized carbons (Fsp3) is 0.500. The molecule has 1 unspecified atom stereocenters. The Bertz CT molecular complexity index is 419. The van der Waals surface area contributed by atoms with E-state index in [1.165, 1.54) is 0 Å². The van der Waals surface area contributed by atoms with Gasteiger partial charge >= 0.3 is 0 Å². The first-order valence-corrected chi connectivity index (χ1v) is 5.25. The summed E-state index contributed by atoms with van der Waals surface area (Å²) in [6, 6.07) is 1.53. The molecule has 88 valence electrons. The Hall–Kier alpha value is -1.58. The van der Waals surface area contributed by atoms with E-state index in [1.54, 1.807) is 19.0 Å². The second-order valence-electron chi connectivity index (χ2n) is 4.22. The lowest BCUT2D eigenvalue weighted by atomic mass is 10.2. The fourth-order valence-corrected chi connectivity index (χ4v) is 2.00. The third kappa shape index (κ3) is 2.01. The van der Waals surface area contributed by atoms with Gasteiger partial charge in [0.15, 0.2) is 6.29 Å². The molecule has 0 aliphatic rings. The van der Waals surface area contributed by atoms with Crippen LogP contribution in [-0.4, -0.2) is 35.8 Å². The van der Waals surface area contributed by atoms with Gasteiger partial charge in [0.25, 0.3) is 0 Å². The van der Waals surface area contributed by atoms with Crippen LogP contribution < -0.4 is 0 Å². The van der Waals surface area contributed by atoms with E-state index < -0.39 is 0 Å². The van der Waals surface area contributed by atoms with Crippen molar-refractivity contribution < 1.29 is 9.59 Å². The Morgan fingerprint density at radius 3 is 2.38 bits per heavy atom. The minimum absolute atomic E-state index is 0.0271. The van der Waals surface area contributed by atoms with Crippen molar-refractivity contribution in [3.63, 3.8) is 0 Å². The van der Waals surface area contributed by atoms with Crippen molar-refractivity contribution in [2.45, 2.75) is 26.8 Å². The van der Waals surface area contributed by atoms with Crippen LogP contribution in [0.3, 0.4) is 0 Å². The third-order valence-electron chi connectivity index (χ3n) is 2.84. The molecule has 0 fully saturated rings. The van der Waals surface area contributed by atoms with E-state index in [9.17, 15) is 9.59 Å². The highest BCUT2D eigenvalue weighted by molar-refractivity contribution is 5.81. The van der Waals surface area contributed by atoms with Gasteiger partial charge in [0.05, 0.1) is 0 Å². The second-order valence-corrected chi connectivity index (χ2v) is 4.22. The van der Waals surface area contributed by atoms with Crippen LogP contribution in [0.4, 0.5) is 0 Å². The number of nitrogens with zero attached hydrogens (tertiary/aromatic N) is 2. The molecule has 0 spiro atoms. The molecule has 4 heteroatoms. The van der Waals surface area contributed by atoms with Crippen LogP contribution >= 0.6 is 0 Å². The molecule has 0 radical (unpaired) electrons. The molecule has 1 aromatic heterocycles. The van der Waals surface area contributed by atoms with E-state index >= 15 is 0 Å². The number of carbonyl (C=O) groups is 2. The first-order valence-electron chi connectivity index (χ1n) is 5.25. The van der Waals surface area contributed by atoms with Crippen LogP contribution in [0.5, 0.6) is 0 Å². The summed E-state index contributed by atoms with van der Waals surface area (Å²) in [5.41, 5.74) is 2.42. The van der Waals surface area contributed by atoms with Crippen molar-refractivity contribution in [3.8, 4) is 0 Å². The van der Waals surface area contributed by atoms with Gasteiger partial charge in [-0.2, -0.15) is 0 Å². The number of carbonyl (C=O) groups excluding carboxylic acids is 2. The Kier molecular flexibility index (Phi) is 3.52. The molecule has 0 aromatic carbocycles. The molecule has 16 heavy (non-hydrogen) atoms. The molecule has 0 bridgehead atoms. The fourth-order valence-electron chi connectivity index (χ4n) is 2.00. The number of aryl methyl sites for hydroxylation is 1. The van der Waals surface area contributed by atoms with Gasteiger partial charge in [-0.1, -0.05) is 0 Å². The molecule has 1 rings (SSSR count). The highest BCUT2D eigenvalue weighted by Crippen LogP contribution is 2.20. The van der Waals surface area contributed by atoms with E-state index in [0.717, 1.165) is 17.7 Å². The Morgan fingerprint density at radius 1 is 1.44 bits per heavy atom. The summed E-state index contributed by atoms with van der Waals surface area (Å²) in [5.74, 6) is 0.0271. The highest BCUT2D eigenvalue weighted by atomic mass is 16.2. The lowest BCUT2D eigenvalue weighted by molar-refractivity contribution is -0.131. The summed E-state index contributed by atoms with van der Waals surface area (Å²) in [7, 11) is 3.46. The first kappa shape index (κ1) is 12.5. The predicted octanol–water partition coefficient (Wildman–Crippen LogP) is 1.57.